The SMILES string of the molecule is COC(=O)/C(CC(C)C)=C(/C)NCCO. The molecule has 0 bridgehead atoms. The number of hydrogen-bond acceptors (Lipinski definition) is 4. The highest BCUT2D eigenvalue weighted by Crippen LogP contribution is 2.15. The minimum absolute atomic E-state index is 0.0491. The van der Waals surface area contributed by atoms with Crippen LogP contribution >= 0.6 is 0 Å². The van der Waals surface area contributed by atoms with Gasteiger partial charge >= 0.3 is 5.97 Å². The number of aliphatic hydroxyl groups is 1. The molecule has 0 unspecified atom stereocenters. The summed E-state index contributed by atoms with van der Waals surface area (Å²) in [6.45, 7) is 6.41. The molecule has 0 atom stereocenters. The summed E-state index contributed by atoms with van der Waals surface area (Å²) in [6.07, 6.45) is 0.678. The normalized spacial score (nSPS) is 12.4. The van der Waals surface area contributed by atoms with Crippen molar-refractivity contribution in [2.75, 3.05) is 20.3 Å². The Morgan fingerprint density at radius 2 is 2.07 bits per heavy atom. The van der Waals surface area contributed by atoms with E-state index in [0.717, 1.165) is 5.70 Å². The molecule has 0 heterocycles. The van der Waals surface area contributed by atoms with Crippen molar-refractivity contribution < 1.29 is 14.6 Å². The van der Waals surface area contributed by atoms with Gasteiger partial charge in [0.25, 0.3) is 0 Å². The van der Waals surface area contributed by atoms with Gasteiger partial charge in [-0.2, -0.15) is 0 Å². The van der Waals surface area contributed by atoms with Crippen molar-refractivity contribution in [1.82, 2.24) is 5.32 Å². The van der Waals surface area contributed by atoms with E-state index in [9.17, 15) is 4.79 Å². The molecule has 0 aliphatic heterocycles. The van der Waals surface area contributed by atoms with Crippen LogP contribution in [0.4, 0.5) is 0 Å². The number of allylic oxidation sites excluding steroid dienone is 1. The Bertz CT molecular complexity index is 234. The third kappa shape index (κ3) is 5.42. The lowest BCUT2D eigenvalue weighted by Crippen LogP contribution is -2.21. The van der Waals surface area contributed by atoms with E-state index >= 15 is 0 Å². The maximum Gasteiger partial charge on any atom is 0.335 e. The molecule has 88 valence electrons. The standard InChI is InChI=1S/C11H21NO3/c1-8(2)7-10(11(14)15-4)9(3)12-5-6-13/h8,12-13H,5-7H2,1-4H3/b10-9-. The van der Waals surface area contributed by atoms with Crippen LogP contribution in [0.2, 0.25) is 0 Å². The van der Waals surface area contributed by atoms with Crippen LogP contribution in [0.1, 0.15) is 27.2 Å². The van der Waals surface area contributed by atoms with Crippen LogP contribution in [-0.4, -0.2) is 31.3 Å². The fourth-order valence-electron chi connectivity index (χ4n) is 1.27. The molecular formula is C11H21NO3. The van der Waals surface area contributed by atoms with Gasteiger partial charge in [0, 0.05) is 12.2 Å². The summed E-state index contributed by atoms with van der Waals surface area (Å²) < 4.78 is 4.72. The van der Waals surface area contributed by atoms with E-state index in [1.807, 2.05) is 20.8 Å². The fourth-order valence-corrected chi connectivity index (χ4v) is 1.27. The summed E-state index contributed by atoms with van der Waals surface area (Å²) in [7, 11) is 1.38. The molecule has 2 N–H and O–H groups in total. The summed E-state index contributed by atoms with van der Waals surface area (Å²) in [5.74, 6) is 0.0941. The largest absolute Gasteiger partial charge is 0.466 e. The van der Waals surface area contributed by atoms with Gasteiger partial charge in [-0.05, 0) is 19.3 Å². The highest BCUT2D eigenvalue weighted by Gasteiger charge is 2.14. The Kier molecular flexibility index (Phi) is 6.79. The predicted molar refractivity (Wildman–Crippen MR) is 59.3 cm³/mol. The Labute approximate surface area is 91.3 Å². The van der Waals surface area contributed by atoms with Crippen molar-refractivity contribution in [3.63, 3.8) is 0 Å². The molecule has 0 amide bonds. The highest BCUT2D eigenvalue weighted by atomic mass is 16.5. The zero-order valence-electron chi connectivity index (χ0n) is 9.96. The average Bonchev–Trinajstić information content (AvgIpc) is 2.21. The second kappa shape index (κ2) is 7.29. The zero-order valence-corrected chi connectivity index (χ0v) is 9.96. The molecular weight excluding hydrogens is 194 g/mol. The summed E-state index contributed by atoms with van der Waals surface area (Å²) in [5, 5.41) is 11.7. The smallest absolute Gasteiger partial charge is 0.335 e. The second-order valence-electron chi connectivity index (χ2n) is 3.84. The third-order valence-electron chi connectivity index (χ3n) is 2.00. The van der Waals surface area contributed by atoms with Crippen molar-refractivity contribution in [2.45, 2.75) is 27.2 Å². The quantitative estimate of drug-likeness (QED) is 0.514. The number of hydrogen-bond donors (Lipinski definition) is 2. The summed E-state index contributed by atoms with van der Waals surface area (Å²) in [6, 6.07) is 0. The monoisotopic (exact) mass is 215 g/mol. The maximum atomic E-state index is 11.5. The predicted octanol–water partition coefficient (Wildman–Crippen LogP) is 1.06. The molecule has 0 aromatic rings. The summed E-state index contributed by atoms with van der Waals surface area (Å²) in [5.41, 5.74) is 1.44. The lowest BCUT2D eigenvalue weighted by Gasteiger charge is -2.13. The van der Waals surface area contributed by atoms with Crippen LogP contribution in [0.15, 0.2) is 11.3 Å². The molecule has 4 nitrogen and oxygen atoms in total. The van der Waals surface area contributed by atoms with Crippen molar-refractivity contribution >= 4 is 5.97 Å². The van der Waals surface area contributed by atoms with Crippen molar-refractivity contribution in [3.05, 3.63) is 11.3 Å². The number of ether oxygens (including phenoxy) is 1. The van der Waals surface area contributed by atoms with Gasteiger partial charge in [-0.15, -0.1) is 0 Å². The van der Waals surface area contributed by atoms with Gasteiger partial charge in [0.2, 0.25) is 0 Å². The number of methoxy groups -OCH3 is 1. The first-order valence-corrected chi connectivity index (χ1v) is 5.15. The van der Waals surface area contributed by atoms with Gasteiger partial charge in [-0.1, -0.05) is 13.8 Å². The Morgan fingerprint density at radius 1 is 1.47 bits per heavy atom. The fraction of sp³-hybridized carbons (Fsp3) is 0.727. The van der Waals surface area contributed by atoms with Crippen LogP contribution in [0.3, 0.4) is 0 Å². The number of carbonyl (C=O) groups excluding carboxylic acids is 1. The first-order chi connectivity index (χ1) is 7.02. The van der Waals surface area contributed by atoms with Crippen LogP contribution in [0.25, 0.3) is 0 Å². The Morgan fingerprint density at radius 3 is 2.47 bits per heavy atom. The van der Waals surface area contributed by atoms with E-state index in [1.165, 1.54) is 7.11 Å². The first-order valence-electron chi connectivity index (χ1n) is 5.15. The van der Waals surface area contributed by atoms with E-state index in [1.54, 1.807) is 0 Å². The molecule has 4 heteroatoms. The van der Waals surface area contributed by atoms with Gasteiger partial charge in [-0.25, -0.2) is 4.79 Å². The van der Waals surface area contributed by atoms with Gasteiger partial charge in [-0.3, -0.25) is 0 Å². The van der Waals surface area contributed by atoms with E-state index in [-0.39, 0.29) is 12.6 Å². The summed E-state index contributed by atoms with van der Waals surface area (Å²) in [4.78, 5) is 11.5. The molecule has 15 heavy (non-hydrogen) atoms. The number of rotatable bonds is 6. The van der Waals surface area contributed by atoms with E-state index < -0.39 is 0 Å². The van der Waals surface area contributed by atoms with E-state index in [4.69, 9.17) is 9.84 Å². The van der Waals surface area contributed by atoms with Crippen molar-refractivity contribution in [1.29, 1.82) is 0 Å². The maximum absolute atomic E-state index is 11.5. The molecule has 0 radical (unpaired) electrons. The van der Waals surface area contributed by atoms with Crippen molar-refractivity contribution in [3.8, 4) is 0 Å². The first kappa shape index (κ1) is 14.0. The van der Waals surface area contributed by atoms with Crippen molar-refractivity contribution in [2.24, 2.45) is 5.92 Å². The Hall–Kier alpha value is -1.03. The average molecular weight is 215 g/mol. The lowest BCUT2D eigenvalue weighted by atomic mass is 10.0. The van der Waals surface area contributed by atoms with Gasteiger partial charge in [0.1, 0.15) is 0 Å². The van der Waals surface area contributed by atoms with E-state index in [2.05, 4.69) is 5.32 Å². The number of nitrogens with one attached hydrogen (secondary N) is 1. The van der Waals surface area contributed by atoms with Gasteiger partial charge in [0.15, 0.2) is 0 Å². The van der Waals surface area contributed by atoms with Crippen LogP contribution in [-0.2, 0) is 9.53 Å². The van der Waals surface area contributed by atoms with E-state index in [0.29, 0.717) is 24.5 Å². The third-order valence-corrected chi connectivity index (χ3v) is 2.00. The van der Waals surface area contributed by atoms with Gasteiger partial charge in [0.05, 0.1) is 19.3 Å². The lowest BCUT2D eigenvalue weighted by molar-refractivity contribution is -0.136. The molecule has 0 aliphatic rings. The number of aliphatic hydroxyl groups excluding tert-OH is 1. The molecule has 0 rings (SSSR count). The molecule has 0 aromatic carbocycles. The molecule has 0 fully saturated rings. The number of carbonyl (C=O) groups is 1. The molecule has 0 spiro atoms. The molecule has 0 aliphatic carbocycles. The number of esters is 1. The zero-order chi connectivity index (χ0) is 11.8. The molecule has 0 aromatic heterocycles. The topological polar surface area (TPSA) is 58.6 Å². The van der Waals surface area contributed by atoms with Crippen LogP contribution < -0.4 is 5.32 Å². The summed E-state index contributed by atoms with van der Waals surface area (Å²) >= 11 is 0. The highest BCUT2D eigenvalue weighted by molar-refractivity contribution is 5.89. The molecule has 0 saturated heterocycles. The minimum Gasteiger partial charge on any atom is -0.466 e. The second-order valence-corrected chi connectivity index (χ2v) is 3.84. The van der Waals surface area contributed by atoms with Crippen LogP contribution in [0, 0.1) is 5.92 Å². The Balaban J connectivity index is 4.64. The minimum atomic E-state index is -0.299. The van der Waals surface area contributed by atoms with Gasteiger partial charge < -0.3 is 15.2 Å². The van der Waals surface area contributed by atoms with Crippen LogP contribution in [0.5, 0.6) is 0 Å². The molecule has 0 saturated carbocycles.